The lowest BCUT2D eigenvalue weighted by Gasteiger charge is -2.18. The Morgan fingerprint density at radius 1 is 0.952 bits per heavy atom. The highest BCUT2D eigenvalue weighted by molar-refractivity contribution is 6.31. The Hall–Kier alpha value is -4.13. The van der Waals surface area contributed by atoms with Crippen LogP contribution in [0.4, 0.5) is 0 Å². The monoisotopic (exact) mass is 599 g/mol. The molecule has 42 heavy (non-hydrogen) atoms. The minimum absolute atomic E-state index is 0.194. The Labute approximate surface area is 255 Å². The third-order valence-electron chi connectivity index (χ3n) is 6.90. The van der Waals surface area contributed by atoms with E-state index in [4.69, 9.17) is 37.7 Å². The van der Waals surface area contributed by atoms with Gasteiger partial charge in [0.15, 0.2) is 5.82 Å². The SMILES string of the molecule is CCOc1cc(C)c(-c2nc3ccccc3c(=O)n2N=Cc2cc(Cl)ccc2OCc2ccccc2Cl)cc1C(C)C. The predicted octanol–water partition coefficient (Wildman–Crippen LogP) is 8.66. The molecule has 214 valence electrons. The molecule has 1 heterocycles. The van der Waals surface area contributed by atoms with Crippen LogP contribution in [-0.4, -0.2) is 22.5 Å². The zero-order valence-corrected chi connectivity index (χ0v) is 25.4. The van der Waals surface area contributed by atoms with Gasteiger partial charge in [-0.05, 0) is 79.4 Å². The van der Waals surface area contributed by atoms with Crippen LogP contribution in [-0.2, 0) is 6.61 Å². The lowest BCUT2D eigenvalue weighted by molar-refractivity contribution is 0.306. The van der Waals surface area contributed by atoms with Crippen LogP contribution in [0.5, 0.6) is 11.5 Å². The van der Waals surface area contributed by atoms with E-state index in [9.17, 15) is 4.79 Å². The number of halogens is 2. The van der Waals surface area contributed by atoms with Crippen molar-refractivity contribution >= 4 is 40.3 Å². The van der Waals surface area contributed by atoms with Crippen LogP contribution in [0.3, 0.4) is 0 Å². The van der Waals surface area contributed by atoms with Gasteiger partial charge in [-0.25, -0.2) is 4.98 Å². The lowest BCUT2D eigenvalue weighted by Crippen LogP contribution is -2.21. The topological polar surface area (TPSA) is 65.7 Å². The lowest BCUT2D eigenvalue weighted by atomic mass is 9.96. The zero-order valence-electron chi connectivity index (χ0n) is 23.9. The van der Waals surface area contributed by atoms with Gasteiger partial charge in [0.1, 0.15) is 18.1 Å². The molecular weight excluding hydrogens is 569 g/mol. The van der Waals surface area contributed by atoms with Crippen molar-refractivity contribution in [3.05, 3.63) is 122 Å². The van der Waals surface area contributed by atoms with E-state index in [0.717, 1.165) is 28.0 Å². The average molecular weight is 601 g/mol. The molecule has 8 heteroatoms. The van der Waals surface area contributed by atoms with Crippen molar-refractivity contribution in [2.24, 2.45) is 5.10 Å². The van der Waals surface area contributed by atoms with Crippen molar-refractivity contribution < 1.29 is 9.47 Å². The minimum atomic E-state index is -0.285. The second-order valence-corrected chi connectivity index (χ2v) is 11.0. The van der Waals surface area contributed by atoms with Gasteiger partial charge < -0.3 is 9.47 Å². The number of rotatable bonds is 9. The molecule has 0 aliphatic rings. The van der Waals surface area contributed by atoms with Gasteiger partial charge in [0, 0.05) is 26.7 Å². The molecule has 5 rings (SSSR count). The van der Waals surface area contributed by atoms with Crippen molar-refractivity contribution in [1.29, 1.82) is 0 Å². The first-order valence-electron chi connectivity index (χ1n) is 13.8. The number of ether oxygens (including phenoxy) is 2. The number of aryl methyl sites for hydroxylation is 1. The van der Waals surface area contributed by atoms with Gasteiger partial charge >= 0.3 is 0 Å². The molecule has 0 atom stereocenters. The Kier molecular flexibility index (Phi) is 8.95. The van der Waals surface area contributed by atoms with E-state index in [1.807, 2.05) is 68.4 Å². The van der Waals surface area contributed by atoms with Gasteiger partial charge in [-0.3, -0.25) is 4.79 Å². The van der Waals surface area contributed by atoms with Crippen LogP contribution in [0, 0.1) is 6.92 Å². The summed E-state index contributed by atoms with van der Waals surface area (Å²) >= 11 is 12.7. The minimum Gasteiger partial charge on any atom is -0.494 e. The fraction of sp³-hybridized carbons (Fsp3) is 0.206. The number of hydrogen-bond acceptors (Lipinski definition) is 5. The van der Waals surface area contributed by atoms with Crippen molar-refractivity contribution in [2.75, 3.05) is 6.61 Å². The number of hydrogen-bond donors (Lipinski definition) is 0. The molecule has 0 saturated heterocycles. The zero-order chi connectivity index (χ0) is 29.8. The molecule has 0 unspecified atom stereocenters. The Balaban J connectivity index is 1.64. The molecule has 0 fully saturated rings. The van der Waals surface area contributed by atoms with Crippen LogP contribution < -0.4 is 15.0 Å². The number of aromatic nitrogens is 2. The molecule has 1 aromatic heterocycles. The van der Waals surface area contributed by atoms with Crippen molar-refractivity contribution in [3.8, 4) is 22.9 Å². The van der Waals surface area contributed by atoms with Gasteiger partial charge in [-0.2, -0.15) is 9.78 Å². The average Bonchev–Trinajstić information content (AvgIpc) is 2.97. The van der Waals surface area contributed by atoms with Gasteiger partial charge in [0.05, 0.1) is 23.7 Å². The van der Waals surface area contributed by atoms with E-state index in [0.29, 0.717) is 44.7 Å². The third-order valence-corrected chi connectivity index (χ3v) is 7.50. The summed E-state index contributed by atoms with van der Waals surface area (Å²) in [6.07, 6.45) is 1.57. The number of fused-ring (bicyclic) bond motifs is 1. The summed E-state index contributed by atoms with van der Waals surface area (Å²) in [5, 5.41) is 6.26. The van der Waals surface area contributed by atoms with Crippen LogP contribution in [0.25, 0.3) is 22.3 Å². The van der Waals surface area contributed by atoms with Gasteiger partial charge in [0.25, 0.3) is 5.56 Å². The van der Waals surface area contributed by atoms with Crippen LogP contribution in [0.15, 0.2) is 88.8 Å². The largest absolute Gasteiger partial charge is 0.494 e. The highest BCUT2D eigenvalue weighted by Crippen LogP contribution is 2.34. The quantitative estimate of drug-likeness (QED) is 0.159. The second-order valence-electron chi connectivity index (χ2n) is 10.2. The molecular formula is C34H31Cl2N3O3. The Bertz CT molecular complexity index is 1850. The first-order chi connectivity index (χ1) is 20.3. The molecule has 0 saturated carbocycles. The Morgan fingerprint density at radius 2 is 1.71 bits per heavy atom. The van der Waals surface area contributed by atoms with Crippen LogP contribution in [0.1, 0.15) is 48.9 Å². The van der Waals surface area contributed by atoms with E-state index in [1.54, 1.807) is 30.5 Å². The smallest absolute Gasteiger partial charge is 0.282 e. The summed E-state index contributed by atoms with van der Waals surface area (Å²) in [6.45, 7) is 8.98. The molecule has 0 spiro atoms. The van der Waals surface area contributed by atoms with Crippen LogP contribution >= 0.6 is 23.2 Å². The molecule has 0 N–H and O–H groups in total. The Morgan fingerprint density at radius 3 is 2.48 bits per heavy atom. The molecule has 5 aromatic rings. The van der Waals surface area contributed by atoms with E-state index >= 15 is 0 Å². The first-order valence-corrected chi connectivity index (χ1v) is 14.5. The van der Waals surface area contributed by atoms with Crippen molar-refractivity contribution in [2.45, 2.75) is 40.2 Å². The van der Waals surface area contributed by atoms with Gasteiger partial charge in [-0.1, -0.05) is 67.4 Å². The van der Waals surface area contributed by atoms with Gasteiger partial charge in [-0.15, -0.1) is 0 Å². The normalized spacial score (nSPS) is 11.5. The van der Waals surface area contributed by atoms with Gasteiger partial charge in [0.2, 0.25) is 0 Å². The summed E-state index contributed by atoms with van der Waals surface area (Å²) < 4.78 is 13.4. The summed E-state index contributed by atoms with van der Waals surface area (Å²) in [7, 11) is 0. The fourth-order valence-electron chi connectivity index (χ4n) is 4.72. The number of nitrogens with zero attached hydrogens (tertiary/aromatic N) is 3. The second kappa shape index (κ2) is 12.8. The molecule has 0 bridgehead atoms. The molecule has 0 radical (unpaired) electrons. The van der Waals surface area contributed by atoms with Crippen LogP contribution in [0.2, 0.25) is 10.0 Å². The molecule has 4 aromatic carbocycles. The molecule has 6 nitrogen and oxygen atoms in total. The predicted molar refractivity (Wildman–Crippen MR) is 172 cm³/mol. The maximum Gasteiger partial charge on any atom is 0.282 e. The molecule has 0 amide bonds. The molecule has 0 aliphatic heterocycles. The third kappa shape index (κ3) is 6.20. The highest BCUT2D eigenvalue weighted by Gasteiger charge is 2.19. The number of benzene rings is 4. The van der Waals surface area contributed by atoms with E-state index in [1.165, 1.54) is 4.68 Å². The maximum atomic E-state index is 13.9. The summed E-state index contributed by atoms with van der Waals surface area (Å²) in [5.74, 6) is 1.99. The van der Waals surface area contributed by atoms with E-state index in [-0.39, 0.29) is 18.1 Å². The summed E-state index contributed by atoms with van der Waals surface area (Å²) in [5.41, 5.74) is 4.50. The fourth-order valence-corrected chi connectivity index (χ4v) is 5.09. The maximum absolute atomic E-state index is 13.9. The van der Waals surface area contributed by atoms with E-state index < -0.39 is 0 Å². The van der Waals surface area contributed by atoms with Crippen molar-refractivity contribution in [1.82, 2.24) is 9.66 Å². The molecule has 0 aliphatic carbocycles. The standard InChI is InChI=1S/C34H31Cl2N3O3/c1-5-41-32-16-22(4)28(18-27(32)21(2)3)33-38-30-13-9-7-11-26(30)34(40)39(33)37-19-24-17-25(35)14-15-31(24)42-20-23-10-6-8-12-29(23)36/h6-19,21H,5,20H2,1-4H3. The highest BCUT2D eigenvalue weighted by atomic mass is 35.5. The summed E-state index contributed by atoms with van der Waals surface area (Å²) in [6, 6.07) is 24.1. The summed E-state index contributed by atoms with van der Waals surface area (Å²) in [4.78, 5) is 18.8. The first kappa shape index (κ1) is 29.4. The van der Waals surface area contributed by atoms with Crippen molar-refractivity contribution in [3.63, 3.8) is 0 Å². The number of para-hydroxylation sites is 1. The van der Waals surface area contributed by atoms with E-state index in [2.05, 4.69) is 18.9 Å².